The summed E-state index contributed by atoms with van der Waals surface area (Å²) < 4.78 is 23.6. The minimum atomic E-state index is 0.876. The Hall–Kier alpha value is -8.58. The summed E-state index contributed by atoms with van der Waals surface area (Å²) >= 11 is 1.85. The van der Waals surface area contributed by atoms with Gasteiger partial charge in [-0.05, 0) is 109 Å². The van der Waals surface area contributed by atoms with Gasteiger partial charge >= 0.3 is 0 Å². The minimum absolute atomic E-state index is 0.876. The van der Waals surface area contributed by atoms with Gasteiger partial charge in [-0.25, -0.2) is 0 Å². The SMILES string of the molecule is c1ccc2c(c1)oc1ccc(-n3c4ccc(-n5c6ccccc6c6ccccc65)cc4c4c5oc6c(ccc7c6c6ccccc6n7-c6ccc7sc8ccccc8c7c6)c5ccc43)cc12. The molecule has 16 aromatic rings. The summed E-state index contributed by atoms with van der Waals surface area (Å²) in [5.74, 6) is 0. The van der Waals surface area contributed by atoms with E-state index in [9.17, 15) is 0 Å². The van der Waals surface area contributed by atoms with Crippen molar-refractivity contribution in [3.63, 3.8) is 0 Å². The monoisotopic (exact) mass is 859 g/mol. The minimum Gasteiger partial charge on any atom is -0.456 e. The third-order valence-corrected chi connectivity index (χ3v) is 15.4. The fourth-order valence-electron chi connectivity index (χ4n) is 11.4. The molecule has 0 amide bonds. The van der Waals surface area contributed by atoms with E-state index in [2.05, 4.69) is 202 Å². The van der Waals surface area contributed by atoms with Gasteiger partial charge in [0.15, 0.2) is 0 Å². The second kappa shape index (κ2) is 12.6. The van der Waals surface area contributed by atoms with Crippen LogP contribution in [0.25, 0.3) is 147 Å². The molecule has 0 saturated heterocycles. The van der Waals surface area contributed by atoms with Crippen molar-refractivity contribution in [3.05, 3.63) is 200 Å². The Labute approximate surface area is 378 Å². The fourth-order valence-corrected chi connectivity index (χ4v) is 12.5. The average Bonchev–Trinajstić information content (AvgIpc) is 4.21. The lowest BCUT2D eigenvalue weighted by atomic mass is 10.1. The Morgan fingerprint density at radius 1 is 0.273 bits per heavy atom. The van der Waals surface area contributed by atoms with Gasteiger partial charge in [-0.3, -0.25) is 0 Å². The van der Waals surface area contributed by atoms with E-state index in [1.54, 1.807) is 0 Å². The molecule has 6 aromatic heterocycles. The highest BCUT2D eigenvalue weighted by Crippen LogP contribution is 2.47. The maximum absolute atomic E-state index is 7.45. The highest BCUT2D eigenvalue weighted by molar-refractivity contribution is 7.25. The molecule has 10 aromatic carbocycles. The smallest absolute Gasteiger partial charge is 0.145 e. The molecular weight excluding hydrogens is 827 g/mol. The van der Waals surface area contributed by atoms with Crippen molar-refractivity contribution in [3.8, 4) is 17.1 Å². The van der Waals surface area contributed by atoms with E-state index >= 15 is 0 Å². The van der Waals surface area contributed by atoms with Crippen LogP contribution in [-0.2, 0) is 0 Å². The zero-order valence-electron chi connectivity index (χ0n) is 35.1. The van der Waals surface area contributed by atoms with Crippen molar-refractivity contribution in [2.75, 3.05) is 0 Å². The number of hydrogen-bond donors (Lipinski definition) is 0. The molecule has 0 unspecified atom stereocenters. The van der Waals surface area contributed by atoms with Crippen molar-refractivity contribution >= 4 is 141 Å². The summed E-state index contributed by atoms with van der Waals surface area (Å²) in [6.45, 7) is 0. The number of benzene rings is 10. The summed E-state index contributed by atoms with van der Waals surface area (Å²) in [5.41, 5.74) is 13.7. The number of aromatic nitrogens is 3. The molecule has 66 heavy (non-hydrogen) atoms. The zero-order valence-corrected chi connectivity index (χ0v) is 35.9. The molecule has 0 bridgehead atoms. The third kappa shape index (κ3) is 4.48. The van der Waals surface area contributed by atoms with Crippen LogP contribution in [0.2, 0.25) is 0 Å². The molecule has 0 aliphatic rings. The lowest BCUT2D eigenvalue weighted by Gasteiger charge is -2.10. The van der Waals surface area contributed by atoms with Gasteiger partial charge in [0.2, 0.25) is 0 Å². The molecule has 0 fully saturated rings. The van der Waals surface area contributed by atoms with E-state index in [1.165, 1.54) is 47.4 Å². The predicted octanol–water partition coefficient (Wildman–Crippen LogP) is 17.1. The Kier molecular flexibility index (Phi) is 6.64. The Morgan fingerprint density at radius 3 is 1.44 bits per heavy atom. The van der Waals surface area contributed by atoms with Crippen molar-refractivity contribution in [2.24, 2.45) is 0 Å². The van der Waals surface area contributed by atoms with Gasteiger partial charge < -0.3 is 22.5 Å². The zero-order chi connectivity index (χ0) is 42.8. The largest absolute Gasteiger partial charge is 0.456 e. The average molecular weight is 860 g/mol. The van der Waals surface area contributed by atoms with Crippen LogP contribution < -0.4 is 0 Å². The Balaban J connectivity index is 1.01. The van der Waals surface area contributed by atoms with Gasteiger partial charge in [-0.2, -0.15) is 0 Å². The van der Waals surface area contributed by atoms with E-state index in [0.29, 0.717) is 0 Å². The molecular formula is C60H33N3O2S. The molecule has 306 valence electrons. The summed E-state index contributed by atoms with van der Waals surface area (Å²) in [6.07, 6.45) is 0. The number of hydrogen-bond acceptors (Lipinski definition) is 3. The van der Waals surface area contributed by atoms with Crippen LogP contribution >= 0.6 is 11.3 Å². The normalized spacial score (nSPS) is 12.5. The molecule has 0 spiro atoms. The van der Waals surface area contributed by atoms with E-state index in [0.717, 1.165) is 99.2 Å². The van der Waals surface area contributed by atoms with Gasteiger partial charge in [0.05, 0.1) is 43.9 Å². The topological polar surface area (TPSA) is 41.1 Å². The summed E-state index contributed by atoms with van der Waals surface area (Å²) in [4.78, 5) is 0. The quantitative estimate of drug-likeness (QED) is 0.178. The molecule has 0 saturated carbocycles. The first-order valence-electron chi connectivity index (χ1n) is 22.4. The standard InChI is InChI=1S/C60H33N3O2S/c1-6-16-47-37(11-1)38-12-2-7-17-48(38)61(47)34-21-26-50-46(33-34)58-52(63(50)35-22-29-54-44(31-35)39-13-4-9-19-53(39)64-54)28-25-42-41-24-27-51-57(59(41)65-60(42)58)43-15-3-8-18-49(43)62(51)36-23-30-56-45(32-36)40-14-5-10-20-55(40)66-56/h1-33H. The Morgan fingerprint density at radius 2 is 0.727 bits per heavy atom. The molecule has 0 radical (unpaired) electrons. The number of fused-ring (bicyclic) bond motifs is 20. The number of rotatable bonds is 3. The molecule has 5 nitrogen and oxygen atoms in total. The van der Waals surface area contributed by atoms with Gasteiger partial charge in [-0.1, -0.05) is 91.0 Å². The van der Waals surface area contributed by atoms with Gasteiger partial charge in [0.25, 0.3) is 0 Å². The van der Waals surface area contributed by atoms with E-state index in [-0.39, 0.29) is 0 Å². The molecule has 16 rings (SSSR count). The van der Waals surface area contributed by atoms with Gasteiger partial charge in [-0.15, -0.1) is 11.3 Å². The van der Waals surface area contributed by atoms with Crippen molar-refractivity contribution < 1.29 is 8.83 Å². The van der Waals surface area contributed by atoms with E-state index < -0.39 is 0 Å². The molecule has 0 N–H and O–H groups in total. The van der Waals surface area contributed by atoms with Crippen LogP contribution in [-0.4, -0.2) is 13.7 Å². The molecule has 0 atom stereocenters. The van der Waals surface area contributed by atoms with Crippen LogP contribution in [0.15, 0.2) is 209 Å². The van der Waals surface area contributed by atoms with Crippen LogP contribution in [0.1, 0.15) is 0 Å². The number of furan rings is 2. The number of para-hydroxylation sites is 4. The molecule has 6 heterocycles. The molecule has 0 aliphatic carbocycles. The van der Waals surface area contributed by atoms with Crippen molar-refractivity contribution in [2.45, 2.75) is 0 Å². The lowest BCUT2D eigenvalue weighted by Crippen LogP contribution is -1.95. The summed E-state index contributed by atoms with van der Waals surface area (Å²) in [6, 6.07) is 72.8. The van der Waals surface area contributed by atoms with Gasteiger partial charge in [0.1, 0.15) is 22.3 Å². The van der Waals surface area contributed by atoms with Crippen LogP contribution in [0.4, 0.5) is 0 Å². The fraction of sp³-hybridized carbons (Fsp3) is 0. The molecule has 0 aliphatic heterocycles. The van der Waals surface area contributed by atoms with Crippen molar-refractivity contribution in [1.82, 2.24) is 13.7 Å². The second-order valence-electron chi connectivity index (χ2n) is 17.6. The van der Waals surface area contributed by atoms with E-state index in [4.69, 9.17) is 8.83 Å². The highest BCUT2D eigenvalue weighted by atomic mass is 32.1. The maximum Gasteiger partial charge on any atom is 0.145 e. The van der Waals surface area contributed by atoms with Gasteiger partial charge in [0, 0.05) is 80.3 Å². The third-order valence-electron chi connectivity index (χ3n) is 14.2. The first-order valence-corrected chi connectivity index (χ1v) is 23.2. The predicted molar refractivity (Wildman–Crippen MR) is 277 cm³/mol. The lowest BCUT2D eigenvalue weighted by molar-refractivity contribution is 0.669. The van der Waals surface area contributed by atoms with E-state index in [1.807, 2.05) is 23.5 Å². The van der Waals surface area contributed by atoms with Crippen LogP contribution in [0.5, 0.6) is 0 Å². The maximum atomic E-state index is 7.45. The first kappa shape index (κ1) is 34.9. The molecule has 6 heteroatoms. The summed E-state index contributed by atoms with van der Waals surface area (Å²) in [5, 5.41) is 14.0. The van der Waals surface area contributed by atoms with Crippen molar-refractivity contribution in [1.29, 1.82) is 0 Å². The summed E-state index contributed by atoms with van der Waals surface area (Å²) in [7, 11) is 0. The second-order valence-corrected chi connectivity index (χ2v) is 18.7. The Bertz CT molecular complexity index is 4730. The first-order chi connectivity index (χ1) is 32.7. The number of thiophene rings is 1. The van der Waals surface area contributed by atoms with Crippen LogP contribution in [0.3, 0.4) is 0 Å². The van der Waals surface area contributed by atoms with Crippen LogP contribution in [0, 0.1) is 0 Å². The highest BCUT2D eigenvalue weighted by Gasteiger charge is 2.24. The number of nitrogens with zero attached hydrogens (tertiary/aromatic N) is 3.